The van der Waals surface area contributed by atoms with Crippen LogP contribution in [0, 0.1) is 0 Å². The minimum absolute atomic E-state index is 0.0205. The van der Waals surface area contributed by atoms with Gasteiger partial charge in [0.05, 0.1) is 6.61 Å². The van der Waals surface area contributed by atoms with Gasteiger partial charge in [-0.15, -0.1) is 11.3 Å². The molecule has 0 aromatic carbocycles. The summed E-state index contributed by atoms with van der Waals surface area (Å²) < 4.78 is 0. The van der Waals surface area contributed by atoms with Gasteiger partial charge >= 0.3 is 0 Å². The molecule has 4 N–H and O–H groups in total. The molecule has 1 rings (SSSR count). The fourth-order valence-corrected chi connectivity index (χ4v) is 1.54. The number of aliphatic hydroxyl groups is 1. The van der Waals surface area contributed by atoms with Gasteiger partial charge in [0.25, 0.3) is 0 Å². The Bertz CT molecular complexity index is 197. The average Bonchev–Trinajstić information content (AvgIpc) is 2.59. The summed E-state index contributed by atoms with van der Waals surface area (Å²) in [6.45, 7) is 1.36. The van der Waals surface area contributed by atoms with Crippen LogP contribution in [0.25, 0.3) is 0 Å². The van der Waals surface area contributed by atoms with Crippen LogP contribution in [-0.4, -0.2) is 24.3 Å². The van der Waals surface area contributed by atoms with E-state index >= 15 is 0 Å². The van der Waals surface area contributed by atoms with Crippen molar-refractivity contribution in [3.8, 4) is 0 Å². The average molecular weight is 186 g/mol. The smallest absolute Gasteiger partial charge is 0.0597 e. The van der Waals surface area contributed by atoms with Crippen LogP contribution in [0.3, 0.4) is 0 Å². The number of hydrogen-bond acceptors (Lipinski definition) is 4. The molecule has 4 heteroatoms. The van der Waals surface area contributed by atoms with Gasteiger partial charge in [0, 0.05) is 24.0 Å². The zero-order chi connectivity index (χ0) is 8.81. The van der Waals surface area contributed by atoms with Gasteiger partial charge in [-0.25, -0.2) is 0 Å². The Balaban J connectivity index is 2.25. The fraction of sp³-hybridized carbons (Fsp3) is 0.500. The molecule has 0 aliphatic heterocycles. The number of nitrogens with two attached hydrogens (primary N) is 1. The number of hydrogen-bond donors (Lipinski definition) is 3. The number of aliphatic hydroxyl groups excluding tert-OH is 1. The Morgan fingerprint density at radius 1 is 1.67 bits per heavy atom. The Labute approximate surface area is 76.2 Å². The molecule has 1 aromatic rings. The van der Waals surface area contributed by atoms with Gasteiger partial charge in [0.2, 0.25) is 0 Å². The summed E-state index contributed by atoms with van der Waals surface area (Å²) in [6.07, 6.45) is 0. The zero-order valence-corrected chi connectivity index (χ0v) is 7.68. The predicted molar refractivity (Wildman–Crippen MR) is 51.1 cm³/mol. The van der Waals surface area contributed by atoms with Crippen molar-refractivity contribution in [1.29, 1.82) is 0 Å². The van der Waals surface area contributed by atoms with Crippen molar-refractivity contribution in [3.63, 3.8) is 0 Å². The highest BCUT2D eigenvalue weighted by molar-refractivity contribution is 7.09. The third kappa shape index (κ3) is 2.91. The van der Waals surface area contributed by atoms with Crippen LogP contribution in [0.1, 0.15) is 4.88 Å². The summed E-state index contributed by atoms with van der Waals surface area (Å²) in [6, 6.07) is 4.09. The lowest BCUT2D eigenvalue weighted by Crippen LogP contribution is -2.38. The van der Waals surface area contributed by atoms with Gasteiger partial charge < -0.3 is 16.2 Å². The quantitative estimate of drug-likeness (QED) is 0.614. The van der Waals surface area contributed by atoms with E-state index in [-0.39, 0.29) is 12.6 Å². The minimum Gasteiger partial charge on any atom is -0.395 e. The highest BCUT2D eigenvalue weighted by atomic mass is 32.1. The van der Waals surface area contributed by atoms with Crippen molar-refractivity contribution < 1.29 is 5.11 Å². The lowest BCUT2D eigenvalue weighted by atomic mass is 10.3. The van der Waals surface area contributed by atoms with Crippen molar-refractivity contribution in [1.82, 2.24) is 5.32 Å². The van der Waals surface area contributed by atoms with E-state index < -0.39 is 0 Å². The molecule has 0 aliphatic carbocycles. The highest BCUT2D eigenvalue weighted by Crippen LogP contribution is 2.07. The Hall–Kier alpha value is -0.420. The van der Waals surface area contributed by atoms with Crippen molar-refractivity contribution in [2.45, 2.75) is 12.6 Å². The molecule has 0 spiro atoms. The van der Waals surface area contributed by atoms with Gasteiger partial charge in [-0.2, -0.15) is 0 Å². The van der Waals surface area contributed by atoms with E-state index in [9.17, 15) is 0 Å². The van der Waals surface area contributed by atoms with Crippen molar-refractivity contribution >= 4 is 11.3 Å². The molecule has 1 atom stereocenters. The molecule has 12 heavy (non-hydrogen) atoms. The first kappa shape index (κ1) is 9.67. The monoisotopic (exact) mass is 186 g/mol. The van der Waals surface area contributed by atoms with E-state index in [0.717, 1.165) is 6.54 Å². The summed E-state index contributed by atoms with van der Waals surface area (Å²) in [5.74, 6) is 0. The summed E-state index contributed by atoms with van der Waals surface area (Å²) in [5, 5.41) is 14.0. The molecular formula is C8H14N2OS. The molecule has 0 bridgehead atoms. The maximum absolute atomic E-state index is 8.82. The fourth-order valence-electron chi connectivity index (χ4n) is 0.881. The lowest BCUT2D eigenvalue weighted by Gasteiger charge is -2.12. The van der Waals surface area contributed by atoms with Gasteiger partial charge in [-0.1, -0.05) is 6.07 Å². The lowest BCUT2D eigenvalue weighted by molar-refractivity contribution is 0.245. The first-order valence-corrected chi connectivity index (χ1v) is 4.81. The second-order valence-electron chi connectivity index (χ2n) is 2.58. The Morgan fingerprint density at radius 2 is 2.50 bits per heavy atom. The predicted octanol–water partition coefficient (Wildman–Crippen LogP) is 0.157. The van der Waals surface area contributed by atoms with Crippen LogP contribution in [-0.2, 0) is 6.54 Å². The van der Waals surface area contributed by atoms with Crippen LogP contribution >= 0.6 is 11.3 Å². The highest BCUT2D eigenvalue weighted by Gasteiger charge is 2.03. The standard InChI is InChI=1S/C8H14N2OS/c9-4-7(6-11)10-5-8-2-1-3-12-8/h1-3,7,10-11H,4-6,9H2. The summed E-state index contributed by atoms with van der Waals surface area (Å²) in [4.78, 5) is 1.27. The molecular weight excluding hydrogens is 172 g/mol. The molecule has 1 unspecified atom stereocenters. The number of nitrogens with one attached hydrogen (secondary N) is 1. The molecule has 68 valence electrons. The molecule has 0 fully saturated rings. The normalized spacial score (nSPS) is 13.2. The van der Waals surface area contributed by atoms with Gasteiger partial charge in [0.1, 0.15) is 0 Å². The third-order valence-electron chi connectivity index (χ3n) is 1.65. The topological polar surface area (TPSA) is 58.3 Å². The second-order valence-corrected chi connectivity index (χ2v) is 3.61. The van der Waals surface area contributed by atoms with Gasteiger partial charge in [-0.3, -0.25) is 0 Å². The summed E-state index contributed by atoms with van der Waals surface area (Å²) >= 11 is 1.70. The van der Waals surface area contributed by atoms with E-state index in [0.29, 0.717) is 6.54 Å². The number of rotatable bonds is 5. The molecule has 0 aliphatic rings. The van der Waals surface area contributed by atoms with Crippen molar-refractivity contribution in [3.05, 3.63) is 22.4 Å². The van der Waals surface area contributed by atoms with Crippen LogP contribution in [0.2, 0.25) is 0 Å². The van der Waals surface area contributed by atoms with E-state index in [4.69, 9.17) is 10.8 Å². The molecule has 0 amide bonds. The minimum atomic E-state index is 0.0205. The molecule has 1 aromatic heterocycles. The van der Waals surface area contributed by atoms with Gasteiger partial charge in [0.15, 0.2) is 0 Å². The van der Waals surface area contributed by atoms with E-state index in [1.54, 1.807) is 11.3 Å². The van der Waals surface area contributed by atoms with Crippen LogP contribution in [0.15, 0.2) is 17.5 Å². The SMILES string of the molecule is NCC(CO)NCc1cccs1. The van der Waals surface area contributed by atoms with E-state index in [1.165, 1.54) is 4.88 Å². The zero-order valence-electron chi connectivity index (χ0n) is 6.86. The maximum atomic E-state index is 8.82. The summed E-state index contributed by atoms with van der Waals surface area (Å²) in [7, 11) is 0. The molecule has 0 saturated carbocycles. The molecule has 0 saturated heterocycles. The third-order valence-corrected chi connectivity index (χ3v) is 2.53. The van der Waals surface area contributed by atoms with Crippen LogP contribution < -0.4 is 11.1 Å². The first-order chi connectivity index (χ1) is 5.86. The molecule has 0 radical (unpaired) electrons. The second kappa shape index (κ2) is 5.27. The van der Waals surface area contributed by atoms with Crippen molar-refractivity contribution in [2.24, 2.45) is 5.73 Å². The first-order valence-electron chi connectivity index (χ1n) is 3.93. The molecule has 1 heterocycles. The summed E-state index contributed by atoms with van der Waals surface area (Å²) in [5.41, 5.74) is 5.40. The Kier molecular flexibility index (Phi) is 4.24. The maximum Gasteiger partial charge on any atom is 0.0597 e. The van der Waals surface area contributed by atoms with E-state index in [2.05, 4.69) is 11.4 Å². The molecule has 3 nitrogen and oxygen atoms in total. The van der Waals surface area contributed by atoms with Crippen LogP contribution in [0.4, 0.5) is 0 Å². The van der Waals surface area contributed by atoms with E-state index in [1.807, 2.05) is 11.4 Å². The largest absolute Gasteiger partial charge is 0.395 e. The van der Waals surface area contributed by atoms with Gasteiger partial charge in [-0.05, 0) is 11.4 Å². The Morgan fingerprint density at radius 3 is 3.00 bits per heavy atom. The number of thiophene rings is 1. The van der Waals surface area contributed by atoms with Crippen molar-refractivity contribution in [2.75, 3.05) is 13.2 Å². The van der Waals surface area contributed by atoms with Crippen LogP contribution in [0.5, 0.6) is 0 Å².